The molecule has 2 aromatic heterocycles. The van der Waals surface area contributed by atoms with Crippen molar-refractivity contribution in [2.75, 3.05) is 0 Å². The van der Waals surface area contributed by atoms with Crippen LogP contribution >= 0.6 is 0 Å². The third-order valence-corrected chi connectivity index (χ3v) is 6.52. The van der Waals surface area contributed by atoms with Crippen LogP contribution in [0.2, 0.25) is 0 Å². The number of ketones is 1. The van der Waals surface area contributed by atoms with E-state index in [1.54, 1.807) is 0 Å². The number of hydrogen-bond acceptors (Lipinski definition) is 4. The molecule has 0 amide bonds. The normalized spacial score (nSPS) is 11.9. The molecular formula is C37H39EuN2O2+2. The van der Waals surface area contributed by atoms with Gasteiger partial charge in [-0.1, -0.05) is 114 Å². The Morgan fingerprint density at radius 3 is 1.43 bits per heavy atom. The van der Waals surface area contributed by atoms with Crippen molar-refractivity contribution in [3.8, 4) is 22.3 Å². The van der Waals surface area contributed by atoms with Gasteiger partial charge in [0.1, 0.15) is 0 Å². The minimum atomic E-state index is -0.0586. The number of pyridine rings is 2. The third-order valence-electron chi connectivity index (χ3n) is 6.52. The summed E-state index contributed by atoms with van der Waals surface area (Å²) in [4.78, 5) is 20.8. The number of fused-ring (bicyclic) bond motifs is 3. The quantitative estimate of drug-likeness (QED) is 0.105. The van der Waals surface area contributed by atoms with Crippen LogP contribution in [0.3, 0.4) is 0 Å². The Labute approximate surface area is 290 Å². The molecule has 0 atom stereocenters. The van der Waals surface area contributed by atoms with Crippen molar-refractivity contribution in [2.24, 2.45) is 10.8 Å². The molecule has 42 heavy (non-hydrogen) atoms. The average molecular weight is 696 g/mol. The summed E-state index contributed by atoms with van der Waals surface area (Å²) in [6.07, 6.45) is 5.88. The standard InChI is InChI=1S/C24H16N2.C13H24O2.Eu/c1-3-7-17(8-4-1)19-13-15-25-23-21(19)11-12-22-20(14-16-26-24(22)23)18-9-5-2-6-10-18;1-12(2,3)8-10(14)7-11(15)9-13(4,5)6;/h1-16H;7,14H,8-9H2,1-6H3;/q;;+3/p-1/b;10-7-;. The number of rotatable bonds is 5. The smallest absolute Gasteiger partial charge is 0.875 e. The molecule has 2 heterocycles. The summed E-state index contributed by atoms with van der Waals surface area (Å²) < 4.78 is 0. The van der Waals surface area contributed by atoms with Crippen molar-refractivity contribution in [3.63, 3.8) is 0 Å². The van der Waals surface area contributed by atoms with E-state index < -0.39 is 0 Å². The van der Waals surface area contributed by atoms with Gasteiger partial charge in [0.15, 0.2) is 5.78 Å². The monoisotopic (exact) mass is 696 g/mol. The van der Waals surface area contributed by atoms with Gasteiger partial charge in [0, 0.05) is 29.6 Å². The van der Waals surface area contributed by atoms with Gasteiger partial charge in [-0.25, -0.2) is 0 Å². The SMILES string of the molecule is CC(C)(C)CC(=O)/C=C(\[O-])CC(C)(C)C.[Eu+3].c1ccc(-c2ccnc3c2ccc2c(-c4ccccc4)ccnc23)cc1. The molecule has 214 valence electrons. The second-order valence-electron chi connectivity index (χ2n) is 12.9. The molecule has 0 bridgehead atoms. The summed E-state index contributed by atoms with van der Waals surface area (Å²) in [7, 11) is 0. The molecule has 3 aromatic carbocycles. The predicted molar refractivity (Wildman–Crippen MR) is 169 cm³/mol. The Morgan fingerprint density at radius 1 is 0.643 bits per heavy atom. The number of benzene rings is 3. The van der Waals surface area contributed by atoms with Gasteiger partial charge in [-0.15, -0.1) is 5.76 Å². The Bertz CT molecular complexity index is 1570. The maximum atomic E-state index is 11.5. The first kappa shape index (κ1) is 33.8. The van der Waals surface area contributed by atoms with Crippen LogP contribution in [0.5, 0.6) is 0 Å². The summed E-state index contributed by atoms with van der Waals surface area (Å²) in [6, 6.07) is 29.3. The summed E-state index contributed by atoms with van der Waals surface area (Å²) in [5.41, 5.74) is 6.56. The van der Waals surface area contributed by atoms with E-state index in [2.05, 4.69) is 82.8 Å². The van der Waals surface area contributed by atoms with E-state index in [1.165, 1.54) is 28.3 Å². The number of allylic oxidation sites excluding steroid dienone is 2. The van der Waals surface area contributed by atoms with E-state index in [-0.39, 0.29) is 71.7 Å². The van der Waals surface area contributed by atoms with Gasteiger partial charge in [0.05, 0.1) is 11.0 Å². The Hall–Kier alpha value is -2.73. The molecule has 5 rings (SSSR count). The topological polar surface area (TPSA) is 65.9 Å². The number of hydrogen-bond donors (Lipinski definition) is 0. The van der Waals surface area contributed by atoms with Crippen LogP contribution in [0.1, 0.15) is 54.4 Å². The predicted octanol–water partition coefficient (Wildman–Crippen LogP) is 8.79. The fourth-order valence-electron chi connectivity index (χ4n) is 4.89. The number of aromatic nitrogens is 2. The Kier molecular flexibility index (Phi) is 11.8. The van der Waals surface area contributed by atoms with Gasteiger partial charge in [-0.3, -0.25) is 14.8 Å². The van der Waals surface area contributed by atoms with Crippen LogP contribution in [0.15, 0.2) is 109 Å². The number of nitrogens with zero attached hydrogens (tertiary/aromatic N) is 2. The molecule has 0 radical (unpaired) electrons. The molecule has 0 fully saturated rings. The van der Waals surface area contributed by atoms with Gasteiger partial charge in [0.2, 0.25) is 0 Å². The summed E-state index contributed by atoms with van der Waals surface area (Å²) in [5, 5.41) is 13.7. The zero-order valence-electron chi connectivity index (χ0n) is 25.3. The molecular weight excluding hydrogens is 656 g/mol. The number of carbonyl (C=O) groups excluding carboxylic acids is 1. The van der Waals surface area contributed by atoms with Gasteiger partial charge >= 0.3 is 49.4 Å². The van der Waals surface area contributed by atoms with Crippen molar-refractivity contribution in [3.05, 3.63) is 109 Å². The van der Waals surface area contributed by atoms with E-state index in [4.69, 9.17) is 0 Å². The van der Waals surface area contributed by atoms with Crippen LogP contribution in [-0.4, -0.2) is 15.8 Å². The minimum Gasteiger partial charge on any atom is -0.875 e. The first-order chi connectivity index (χ1) is 19.4. The van der Waals surface area contributed by atoms with E-state index in [1.807, 2.05) is 66.1 Å². The van der Waals surface area contributed by atoms with Crippen molar-refractivity contribution in [1.29, 1.82) is 0 Å². The van der Waals surface area contributed by atoms with Crippen LogP contribution < -0.4 is 5.11 Å². The fraction of sp³-hybridized carbons (Fsp3) is 0.270. The van der Waals surface area contributed by atoms with E-state index >= 15 is 0 Å². The maximum absolute atomic E-state index is 11.5. The number of carbonyl (C=O) groups is 1. The molecule has 0 aliphatic rings. The van der Waals surface area contributed by atoms with Crippen LogP contribution in [-0.2, 0) is 4.79 Å². The van der Waals surface area contributed by atoms with Crippen LogP contribution in [0.4, 0.5) is 0 Å². The first-order valence-corrected chi connectivity index (χ1v) is 14.1. The molecule has 0 spiro atoms. The van der Waals surface area contributed by atoms with Crippen molar-refractivity contribution in [1.82, 2.24) is 9.97 Å². The zero-order chi connectivity index (χ0) is 29.6. The summed E-state index contributed by atoms with van der Waals surface area (Å²) in [6.45, 7) is 12.0. The molecule has 0 saturated carbocycles. The van der Waals surface area contributed by atoms with Gasteiger partial charge in [-0.2, -0.15) is 0 Å². The molecule has 4 nitrogen and oxygen atoms in total. The maximum Gasteiger partial charge on any atom is 3.00 e. The van der Waals surface area contributed by atoms with Gasteiger partial charge < -0.3 is 5.11 Å². The summed E-state index contributed by atoms with van der Waals surface area (Å²) >= 11 is 0. The van der Waals surface area contributed by atoms with Crippen molar-refractivity contribution < 1.29 is 59.3 Å². The molecule has 0 aliphatic heterocycles. The molecule has 5 heteroatoms. The van der Waals surface area contributed by atoms with Crippen LogP contribution in [0, 0.1) is 60.2 Å². The van der Waals surface area contributed by atoms with Crippen molar-refractivity contribution in [2.45, 2.75) is 54.4 Å². The van der Waals surface area contributed by atoms with E-state index in [0.29, 0.717) is 12.8 Å². The van der Waals surface area contributed by atoms with E-state index in [0.717, 1.165) is 21.8 Å². The third kappa shape index (κ3) is 9.39. The second kappa shape index (κ2) is 14.6. The largest absolute Gasteiger partial charge is 3.00 e. The fourth-order valence-corrected chi connectivity index (χ4v) is 4.89. The van der Waals surface area contributed by atoms with E-state index in [9.17, 15) is 9.90 Å². The van der Waals surface area contributed by atoms with Gasteiger partial charge in [0.25, 0.3) is 0 Å². The van der Waals surface area contributed by atoms with Crippen LogP contribution in [0.25, 0.3) is 44.1 Å². The van der Waals surface area contributed by atoms with Gasteiger partial charge in [-0.05, 0) is 57.7 Å². The Balaban J connectivity index is 0.000000263. The minimum absolute atomic E-state index is 0. The molecule has 0 N–H and O–H groups in total. The molecule has 0 saturated heterocycles. The summed E-state index contributed by atoms with van der Waals surface area (Å²) in [5.74, 6) is -0.117. The Morgan fingerprint density at radius 2 is 1.05 bits per heavy atom. The molecule has 0 aliphatic carbocycles. The zero-order valence-corrected chi connectivity index (χ0v) is 27.7. The molecule has 5 aromatic rings. The van der Waals surface area contributed by atoms with Crippen molar-refractivity contribution >= 4 is 27.6 Å². The second-order valence-corrected chi connectivity index (χ2v) is 12.9. The molecule has 0 unspecified atom stereocenters. The first-order valence-electron chi connectivity index (χ1n) is 14.1. The average Bonchev–Trinajstić information content (AvgIpc) is 2.91.